The van der Waals surface area contributed by atoms with Crippen LogP contribution >= 0.6 is 11.6 Å². The average Bonchev–Trinajstić information content (AvgIpc) is 2.93. The van der Waals surface area contributed by atoms with Gasteiger partial charge in [-0.05, 0) is 30.2 Å². The van der Waals surface area contributed by atoms with Gasteiger partial charge < -0.3 is 15.1 Å². The van der Waals surface area contributed by atoms with E-state index in [1.54, 1.807) is 17.0 Å². The lowest BCUT2D eigenvalue weighted by molar-refractivity contribution is -0.131. The molecule has 1 aliphatic heterocycles. The van der Waals surface area contributed by atoms with Gasteiger partial charge in [0.2, 0.25) is 0 Å². The molecular formula is C15H16ClNO4. The van der Waals surface area contributed by atoms with Crippen LogP contribution in [0, 0.1) is 5.92 Å². The van der Waals surface area contributed by atoms with Gasteiger partial charge in [-0.3, -0.25) is 4.79 Å². The summed E-state index contributed by atoms with van der Waals surface area (Å²) in [6.07, 6.45) is 3.18. The van der Waals surface area contributed by atoms with Crippen molar-refractivity contribution in [1.82, 2.24) is 4.90 Å². The molecule has 0 aromatic heterocycles. The first kappa shape index (κ1) is 15.5. The Hall–Kier alpha value is -1.85. The van der Waals surface area contributed by atoms with Crippen LogP contribution in [0.1, 0.15) is 22.3 Å². The van der Waals surface area contributed by atoms with Crippen molar-refractivity contribution in [2.75, 3.05) is 19.7 Å². The standard InChI is InChI=1S/C15H16ClNO4/c16-13-7-12(2-1-11(13)3-4-14(19)20)15(21)17-6-5-10(8-17)9-18/h1-4,7,10,18H,5-6,8-9H2,(H,19,20)/b4-3+. The number of amides is 1. The smallest absolute Gasteiger partial charge is 0.328 e. The van der Waals surface area contributed by atoms with E-state index in [1.807, 2.05) is 0 Å². The minimum atomic E-state index is -1.06. The fourth-order valence-corrected chi connectivity index (χ4v) is 2.55. The van der Waals surface area contributed by atoms with E-state index in [4.69, 9.17) is 21.8 Å². The fourth-order valence-electron chi connectivity index (χ4n) is 2.31. The highest BCUT2D eigenvalue weighted by Crippen LogP contribution is 2.23. The predicted molar refractivity (Wildman–Crippen MR) is 79.2 cm³/mol. The Morgan fingerprint density at radius 1 is 1.43 bits per heavy atom. The second-order valence-corrected chi connectivity index (χ2v) is 5.40. The molecule has 1 atom stereocenters. The van der Waals surface area contributed by atoms with E-state index in [9.17, 15) is 9.59 Å². The number of nitrogens with zero attached hydrogens (tertiary/aromatic N) is 1. The van der Waals surface area contributed by atoms with E-state index in [0.29, 0.717) is 29.2 Å². The van der Waals surface area contributed by atoms with Gasteiger partial charge in [-0.15, -0.1) is 0 Å². The Morgan fingerprint density at radius 2 is 2.19 bits per heavy atom. The summed E-state index contributed by atoms with van der Waals surface area (Å²) in [5, 5.41) is 18.0. The van der Waals surface area contributed by atoms with Crippen LogP contribution in [-0.2, 0) is 4.79 Å². The lowest BCUT2D eigenvalue weighted by Crippen LogP contribution is -2.29. The van der Waals surface area contributed by atoms with E-state index in [1.165, 1.54) is 12.1 Å². The molecule has 0 bridgehead atoms. The Balaban J connectivity index is 2.13. The van der Waals surface area contributed by atoms with Gasteiger partial charge in [0.1, 0.15) is 0 Å². The summed E-state index contributed by atoms with van der Waals surface area (Å²) >= 11 is 6.06. The number of carboxylic acid groups (broad SMARTS) is 1. The molecule has 0 aliphatic carbocycles. The van der Waals surface area contributed by atoms with Gasteiger partial charge in [-0.2, -0.15) is 0 Å². The summed E-state index contributed by atoms with van der Waals surface area (Å²) in [5.41, 5.74) is 1.01. The summed E-state index contributed by atoms with van der Waals surface area (Å²) in [6, 6.07) is 4.79. The number of hydrogen-bond donors (Lipinski definition) is 2. The first-order chi connectivity index (χ1) is 10.0. The van der Waals surface area contributed by atoms with Gasteiger partial charge in [0.05, 0.1) is 0 Å². The SMILES string of the molecule is O=C(O)/C=C/c1ccc(C(=O)N2CCC(CO)C2)cc1Cl. The summed E-state index contributed by atoms with van der Waals surface area (Å²) in [4.78, 5) is 24.5. The maximum Gasteiger partial charge on any atom is 0.328 e. The van der Waals surface area contributed by atoms with E-state index in [-0.39, 0.29) is 18.4 Å². The Kier molecular flexibility index (Phi) is 4.98. The van der Waals surface area contributed by atoms with E-state index < -0.39 is 5.97 Å². The van der Waals surface area contributed by atoms with E-state index >= 15 is 0 Å². The Morgan fingerprint density at radius 3 is 2.76 bits per heavy atom. The van der Waals surface area contributed by atoms with Gasteiger partial charge in [-0.1, -0.05) is 17.7 Å². The molecule has 0 spiro atoms. The molecule has 2 rings (SSSR count). The zero-order valence-electron chi connectivity index (χ0n) is 11.3. The van der Waals surface area contributed by atoms with Crippen LogP contribution in [0.25, 0.3) is 6.08 Å². The first-order valence-electron chi connectivity index (χ1n) is 6.62. The molecule has 1 aromatic carbocycles. The molecule has 1 aliphatic rings. The van der Waals surface area contributed by atoms with E-state index in [2.05, 4.69) is 0 Å². The number of carboxylic acids is 1. The zero-order chi connectivity index (χ0) is 15.4. The molecule has 1 fully saturated rings. The van der Waals surface area contributed by atoms with Crippen molar-refractivity contribution in [2.24, 2.45) is 5.92 Å². The van der Waals surface area contributed by atoms with Crippen molar-refractivity contribution in [3.8, 4) is 0 Å². The lowest BCUT2D eigenvalue weighted by atomic mass is 10.1. The Bertz CT molecular complexity index is 585. The maximum atomic E-state index is 12.3. The van der Waals surface area contributed by atoms with Gasteiger partial charge in [0, 0.05) is 42.3 Å². The van der Waals surface area contributed by atoms with Crippen molar-refractivity contribution in [2.45, 2.75) is 6.42 Å². The number of halogens is 1. The molecule has 5 nitrogen and oxygen atoms in total. The quantitative estimate of drug-likeness (QED) is 0.833. The van der Waals surface area contributed by atoms with Crippen LogP contribution in [0.15, 0.2) is 24.3 Å². The summed E-state index contributed by atoms with van der Waals surface area (Å²) in [5.74, 6) is -1.04. The number of carbonyl (C=O) groups is 2. The van der Waals surface area contributed by atoms with Crippen molar-refractivity contribution < 1.29 is 19.8 Å². The topological polar surface area (TPSA) is 77.8 Å². The van der Waals surface area contributed by atoms with Crippen LogP contribution in [0.3, 0.4) is 0 Å². The number of aliphatic hydroxyl groups is 1. The van der Waals surface area contributed by atoms with Gasteiger partial charge in [-0.25, -0.2) is 4.79 Å². The third kappa shape index (κ3) is 3.83. The van der Waals surface area contributed by atoms with Gasteiger partial charge in [0.15, 0.2) is 0 Å². The van der Waals surface area contributed by atoms with Crippen LogP contribution in [0.5, 0.6) is 0 Å². The molecule has 6 heteroatoms. The lowest BCUT2D eigenvalue weighted by Gasteiger charge is -2.16. The maximum absolute atomic E-state index is 12.3. The van der Waals surface area contributed by atoms with Gasteiger partial charge in [0.25, 0.3) is 5.91 Å². The highest BCUT2D eigenvalue weighted by molar-refractivity contribution is 6.32. The minimum absolute atomic E-state index is 0.0868. The van der Waals surface area contributed by atoms with Crippen LogP contribution < -0.4 is 0 Å². The molecule has 1 heterocycles. The van der Waals surface area contributed by atoms with Crippen LogP contribution in [0.2, 0.25) is 5.02 Å². The molecule has 0 radical (unpaired) electrons. The average molecular weight is 310 g/mol. The zero-order valence-corrected chi connectivity index (χ0v) is 12.1. The summed E-state index contributed by atoms with van der Waals surface area (Å²) in [6.45, 7) is 1.26. The van der Waals surface area contributed by atoms with Gasteiger partial charge >= 0.3 is 5.97 Å². The molecule has 21 heavy (non-hydrogen) atoms. The largest absolute Gasteiger partial charge is 0.478 e. The van der Waals surface area contributed by atoms with Crippen molar-refractivity contribution in [3.05, 3.63) is 40.4 Å². The number of aliphatic carboxylic acids is 1. The third-order valence-corrected chi connectivity index (χ3v) is 3.81. The highest BCUT2D eigenvalue weighted by Gasteiger charge is 2.26. The normalized spacial score (nSPS) is 18.4. The van der Waals surface area contributed by atoms with E-state index in [0.717, 1.165) is 12.5 Å². The molecule has 1 saturated heterocycles. The minimum Gasteiger partial charge on any atom is -0.478 e. The number of rotatable bonds is 4. The second kappa shape index (κ2) is 6.74. The molecule has 1 amide bonds. The molecule has 2 N–H and O–H groups in total. The number of aliphatic hydroxyl groups excluding tert-OH is 1. The highest BCUT2D eigenvalue weighted by atomic mass is 35.5. The number of hydrogen-bond acceptors (Lipinski definition) is 3. The van der Waals surface area contributed by atoms with Crippen molar-refractivity contribution in [3.63, 3.8) is 0 Å². The monoisotopic (exact) mass is 309 g/mol. The van der Waals surface area contributed by atoms with Crippen LogP contribution in [0.4, 0.5) is 0 Å². The molecule has 0 saturated carbocycles. The van der Waals surface area contributed by atoms with Crippen molar-refractivity contribution in [1.29, 1.82) is 0 Å². The number of likely N-dealkylation sites (tertiary alicyclic amines) is 1. The summed E-state index contributed by atoms with van der Waals surface area (Å²) in [7, 11) is 0. The molecule has 112 valence electrons. The molecular weight excluding hydrogens is 294 g/mol. The first-order valence-corrected chi connectivity index (χ1v) is 6.99. The number of benzene rings is 1. The third-order valence-electron chi connectivity index (χ3n) is 3.48. The fraction of sp³-hybridized carbons (Fsp3) is 0.333. The molecule has 1 aromatic rings. The summed E-state index contributed by atoms with van der Waals surface area (Å²) < 4.78 is 0. The Labute approximate surface area is 127 Å². The van der Waals surface area contributed by atoms with Crippen LogP contribution in [-0.4, -0.2) is 46.7 Å². The van der Waals surface area contributed by atoms with Crippen molar-refractivity contribution >= 4 is 29.6 Å². The number of carbonyl (C=O) groups excluding carboxylic acids is 1. The predicted octanol–water partition coefficient (Wildman–Crippen LogP) is 1.89. The molecule has 1 unspecified atom stereocenters. The second-order valence-electron chi connectivity index (χ2n) is 5.00.